The molecule has 0 aromatic heterocycles. The zero-order valence-electron chi connectivity index (χ0n) is 17.3. The van der Waals surface area contributed by atoms with Crippen molar-refractivity contribution in [1.82, 2.24) is 15.5 Å². The molecule has 0 aliphatic carbocycles. The molecular weight excluding hydrogens is 459 g/mol. The number of nitrogens with zero attached hydrogens (tertiary/aromatic N) is 2. The Balaban J connectivity index is 0.00000364. The Kier molecular flexibility index (Phi) is 10.9. The van der Waals surface area contributed by atoms with Gasteiger partial charge < -0.3 is 25.0 Å². The molecule has 0 unspecified atom stereocenters. The summed E-state index contributed by atoms with van der Waals surface area (Å²) in [5.41, 5.74) is -0.215. The molecule has 0 bridgehead atoms. The average Bonchev–Trinajstić information content (AvgIpc) is 2.67. The maximum absolute atomic E-state index is 12.1. The molecule has 0 spiro atoms. The molecular formula is C19H37IN4O3. The number of hydrogen-bond acceptors (Lipinski definition) is 4. The van der Waals surface area contributed by atoms with Crippen LogP contribution in [0, 0.1) is 5.92 Å². The van der Waals surface area contributed by atoms with Crippen LogP contribution in [0.2, 0.25) is 0 Å². The van der Waals surface area contributed by atoms with Crippen molar-refractivity contribution >= 4 is 35.8 Å². The molecule has 0 aromatic carbocycles. The quantitative estimate of drug-likeness (QED) is 0.335. The monoisotopic (exact) mass is 496 g/mol. The third-order valence-corrected chi connectivity index (χ3v) is 5.35. The predicted octanol–water partition coefficient (Wildman–Crippen LogP) is 2.00. The van der Waals surface area contributed by atoms with Gasteiger partial charge in [-0.15, -0.1) is 24.0 Å². The first-order chi connectivity index (χ1) is 12.5. The molecule has 0 radical (unpaired) electrons. The fourth-order valence-corrected chi connectivity index (χ4v) is 3.52. The normalized spacial score (nSPS) is 20.9. The molecule has 2 heterocycles. The lowest BCUT2D eigenvalue weighted by molar-refractivity contribution is -0.135. The molecule has 0 atom stereocenters. The predicted molar refractivity (Wildman–Crippen MR) is 119 cm³/mol. The van der Waals surface area contributed by atoms with Crippen LogP contribution >= 0.6 is 24.0 Å². The minimum Gasteiger partial charge on any atom is -0.381 e. The van der Waals surface area contributed by atoms with Crippen LogP contribution in [0.5, 0.6) is 0 Å². The summed E-state index contributed by atoms with van der Waals surface area (Å²) in [5, 5.41) is 6.88. The molecule has 2 aliphatic rings. The molecule has 0 aromatic rings. The number of methoxy groups -OCH3 is 1. The van der Waals surface area contributed by atoms with Crippen LogP contribution < -0.4 is 10.6 Å². The third kappa shape index (κ3) is 7.38. The second-order valence-corrected chi connectivity index (χ2v) is 7.59. The number of halogens is 1. The number of ether oxygens (including phenoxy) is 2. The zero-order valence-corrected chi connectivity index (χ0v) is 19.6. The van der Waals surface area contributed by atoms with Crippen LogP contribution in [-0.2, 0) is 14.3 Å². The van der Waals surface area contributed by atoms with Crippen LogP contribution in [0.25, 0.3) is 0 Å². The van der Waals surface area contributed by atoms with Gasteiger partial charge in [0.2, 0.25) is 5.91 Å². The number of aliphatic imine (C=N–C) groups is 1. The lowest BCUT2D eigenvalue weighted by atomic mass is 9.94. The summed E-state index contributed by atoms with van der Waals surface area (Å²) in [5.74, 6) is 1.16. The first-order valence-corrected chi connectivity index (χ1v) is 9.96. The first kappa shape index (κ1) is 24.4. The minimum atomic E-state index is -0.215. The van der Waals surface area contributed by atoms with Crippen molar-refractivity contribution in [2.45, 2.75) is 58.1 Å². The van der Waals surface area contributed by atoms with Crippen molar-refractivity contribution < 1.29 is 14.3 Å². The van der Waals surface area contributed by atoms with E-state index < -0.39 is 0 Å². The van der Waals surface area contributed by atoms with Gasteiger partial charge in [0.15, 0.2) is 5.96 Å². The Morgan fingerprint density at radius 1 is 1.30 bits per heavy atom. The van der Waals surface area contributed by atoms with E-state index >= 15 is 0 Å². The van der Waals surface area contributed by atoms with E-state index in [1.165, 1.54) is 0 Å². The number of nitrogens with one attached hydrogen (secondary N) is 2. The molecule has 2 rings (SSSR count). The maximum Gasteiger partial charge on any atom is 0.225 e. The van der Waals surface area contributed by atoms with E-state index in [1.54, 1.807) is 7.11 Å². The Morgan fingerprint density at radius 2 is 1.93 bits per heavy atom. The standard InChI is InChI=1S/C19H36N4O3.HI/c1-5-20-18(21-14-19(25-4)8-12-26-13-9-19)22-16-6-10-23(11-7-16)17(24)15(2)3;/h15-16H,5-14H2,1-4H3,(H2,20,21,22);1H. The number of carbonyl (C=O) groups is 1. The van der Waals surface area contributed by atoms with Gasteiger partial charge in [0, 0.05) is 64.8 Å². The second kappa shape index (κ2) is 12.1. The first-order valence-electron chi connectivity index (χ1n) is 9.96. The molecule has 2 N–H and O–H groups in total. The summed E-state index contributed by atoms with van der Waals surface area (Å²) in [6, 6.07) is 0.345. The highest BCUT2D eigenvalue weighted by Gasteiger charge is 2.32. The van der Waals surface area contributed by atoms with Crippen LogP contribution in [0.1, 0.15) is 46.5 Å². The molecule has 8 heteroatoms. The third-order valence-electron chi connectivity index (χ3n) is 5.35. The molecule has 158 valence electrons. The molecule has 2 saturated heterocycles. The van der Waals surface area contributed by atoms with Crippen molar-refractivity contribution in [2.75, 3.05) is 46.5 Å². The summed E-state index contributed by atoms with van der Waals surface area (Å²) < 4.78 is 11.2. The van der Waals surface area contributed by atoms with E-state index in [-0.39, 0.29) is 41.4 Å². The molecule has 2 fully saturated rings. The lowest BCUT2D eigenvalue weighted by Crippen LogP contribution is -2.51. The van der Waals surface area contributed by atoms with Crippen molar-refractivity contribution in [3.05, 3.63) is 0 Å². The van der Waals surface area contributed by atoms with Gasteiger partial charge >= 0.3 is 0 Å². The van der Waals surface area contributed by atoms with Crippen LogP contribution in [0.4, 0.5) is 0 Å². The van der Waals surface area contributed by atoms with E-state index in [2.05, 4.69) is 17.6 Å². The van der Waals surface area contributed by atoms with E-state index in [0.717, 1.165) is 64.5 Å². The van der Waals surface area contributed by atoms with Crippen LogP contribution in [0.15, 0.2) is 4.99 Å². The van der Waals surface area contributed by atoms with E-state index in [4.69, 9.17) is 14.5 Å². The molecule has 2 aliphatic heterocycles. The fourth-order valence-electron chi connectivity index (χ4n) is 3.52. The van der Waals surface area contributed by atoms with Crippen molar-refractivity contribution in [2.24, 2.45) is 10.9 Å². The van der Waals surface area contributed by atoms with E-state index in [1.807, 2.05) is 18.7 Å². The average molecular weight is 496 g/mol. The number of likely N-dealkylation sites (tertiary alicyclic amines) is 1. The van der Waals surface area contributed by atoms with Gasteiger partial charge in [0.25, 0.3) is 0 Å². The lowest BCUT2D eigenvalue weighted by Gasteiger charge is -2.35. The molecule has 27 heavy (non-hydrogen) atoms. The van der Waals surface area contributed by atoms with Gasteiger partial charge in [0.1, 0.15) is 0 Å². The maximum atomic E-state index is 12.1. The largest absolute Gasteiger partial charge is 0.381 e. The van der Waals surface area contributed by atoms with E-state index in [9.17, 15) is 4.79 Å². The van der Waals surface area contributed by atoms with Crippen LogP contribution in [-0.4, -0.2) is 74.9 Å². The number of piperidine rings is 1. The Labute approximate surface area is 181 Å². The number of carbonyl (C=O) groups excluding carboxylic acids is 1. The van der Waals surface area contributed by atoms with Crippen molar-refractivity contribution in [1.29, 1.82) is 0 Å². The highest BCUT2D eigenvalue weighted by atomic mass is 127. The summed E-state index contributed by atoms with van der Waals surface area (Å²) in [6.45, 7) is 10.5. The highest BCUT2D eigenvalue weighted by Crippen LogP contribution is 2.24. The highest BCUT2D eigenvalue weighted by molar-refractivity contribution is 14.0. The molecule has 0 saturated carbocycles. The van der Waals surface area contributed by atoms with Gasteiger partial charge in [-0.05, 0) is 19.8 Å². The number of amides is 1. The number of rotatable bonds is 6. The second-order valence-electron chi connectivity index (χ2n) is 7.59. The summed E-state index contributed by atoms with van der Waals surface area (Å²) in [6.07, 6.45) is 3.66. The van der Waals surface area contributed by atoms with Gasteiger partial charge in [-0.3, -0.25) is 9.79 Å². The topological polar surface area (TPSA) is 75.2 Å². The van der Waals surface area contributed by atoms with Gasteiger partial charge in [-0.2, -0.15) is 0 Å². The summed E-state index contributed by atoms with van der Waals surface area (Å²) in [7, 11) is 1.77. The number of hydrogen-bond donors (Lipinski definition) is 2. The van der Waals surface area contributed by atoms with Crippen LogP contribution in [0.3, 0.4) is 0 Å². The summed E-state index contributed by atoms with van der Waals surface area (Å²) >= 11 is 0. The van der Waals surface area contributed by atoms with E-state index in [0.29, 0.717) is 12.6 Å². The Hall–Kier alpha value is -0.610. The molecule has 7 nitrogen and oxygen atoms in total. The minimum absolute atomic E-state index is 0. The van der Waals surface area contributed by atoms with Gasteiger partial charge in [-0.25, -0.2) is 0 Å². The SMILES string of the molecule is CCNC(=NCC1(OC)CCOCC1)NC1CCN(C(=O)C(C)C)CC1.I. The smallest absolute Gasteiger partial charge is 0.225 e. The van der Waals surface area contributed by atoms with Crippen molar-refractivity contribution in [3.8, 4) is 0 Å². The summed E-state index contributed by atoms with van der Waals surface area (Å²) in [4.78, 5) is 18.9. The fraction of sp³-hybridized carbons (Fsp3) is 0.895. The Morgan fingerprint density at radius 3 is 2.44 bits per heavy atom. The zero-order chi connectivity index (χ0) is 19.0. The van der Waals surface area contributed by atoms with Gasteiger partial charge in [0.05, 0.1) is 12.1 Å². The van der Waals surface area contributed by atoms with Crippen molar-refractivity contribution in [3.63, 3.8) is 0 Å². The number of guanidine groups is 1. The molecule has 1 amide bonds. The van der Waals surface area contributed by atoms with Gasteiger partial charge in [-0.1, -0.05) is 13.8 Å². The Bertz CT molecular complexity index is 474.